The normalized spacial score (nSPS) is 22.3. The molecule has 13 heteroatoms. The smallest absolute Gasteiger partial charge is 0.237 e. The van der Waals surface area contributed by atoms with Crippen molar-refractivity contribution in [1.29, 1.82) is 5.26 Å². The summed E-state index contributed by atoms with van der Waals surface area (Å²) in [6.45, 7) is 1.57. The number of methoxy groups -OCH3 is 2. The summed E-state index contributed by atoms with van der Waals surface area (Å²) < 4.78 is 11.2. The van der Waals surface area contributed by atoms with Crippen LogP contribution >= 0.6 is 23.2 Å². The number of nitrogens with one attached hydrogen (secondary N) is 3. The molecule has 0 radical (unpaired) electrons. The monoisotopic (exact) mass is 684 g/mol. The molecule has 3 heterocycles. The lowest BCUT2D eigenvalue weighted by Crippen LogP contribution is -2.73. The number of nitriles is 1. The highest BCUT2D eigenvalue weighted by Gasteiger charge is 2.68. The Labute approximate surface area is 288 Å². The minimum absolute atomic E-state index is 0.0264. The number of ether oxygens (including phenoxy) is 2. The van der Waals surface area contributed by atoms with E-state index in [0.29, 0.717) is 81.8 Å². The van der Waals surface area contributed by atoms with Gasteiger partial charge in [0, 0.05) is 59.9 Å². The summed E-state index contributed by atoms with van der Waals surface area (Å²) in [6.07, 6.45) is 7.37. The summed E-state index contributed by atoms with van der Waals surface area (Å²) in [6, 6.07) is 13.9. The molecule has 4 aromatic rings. The van der Waals surface area contributed by atoms with Gasteiger partial charge in [-0.25, -0.2) is 9.97 Å². The van der Waals surface area contributed by atoms with E-state index in [2.05, 4.69) is 32.0 Å². The van der Waals surface area contributed by atoms with Gasteiger partial charge in [0.15, 0.2) is 0 Å². The molecule has 3 N–H and O–H groups in total. The number of rotatable bonds is 12. The van der Waals surface area contributed by atoms with E-state index in [9.17, 15) is 10.1 Å². The number of carbonyl (C=O) groups is 1. The van der Waals surface area contributed by atoms with E-state index < -0.39 is 0 Å². The molecule has 3 aliphatic carbocycles. The van der Waals surface area contributed by atoms with Crippen LogP contribution < -0.4 is 25.4 Å². The molecule has 2 aromatic heterocycles. The van der Waals surface area contributed by atoms with E-state index in [1.165, 1.54) is 0 Å². The molecule has 1 amide bonds. The highest BCUT2D eigenvalue weighted by Crippen LogP contribution is 2.66. The van der Waals surface area contributed by atoms with Gasteiger partial charge in [-0.1, -0.05) is 59.6 Å². The third kappa shape index (κ3) is 5.94. The van der Waals surface area contributed by atoms with E-state index in [0.717, 1.165) is 36.8 Å². The molecule has 4 fully saturated rings. The van der Waals surface area contributed by atoms with E-state index in [1.54, 1.807) is 26.6 Å². The van der Waals surface area contributed by atoms with E-state index in [1.807, 2.05) is 36.4 Å². The van der Waals surface area contributed by atoms with Gasteiger partial charge in [0.25, 0.3) is 0 Å². The van der Waals surface area contributed by atoms with Crippen molar-refractivity contribution in [2.24, 2.45) is 5.41 Å². The van der Waals surface area contributed by atoms with Crippen LogP contribution in [-0.2, 0) is 17.9 Å². The summed E-state index contributed by atoms with van der Waals surface area (Å²) in [5.74, 6) is 0.886. The fourth-order valence-electron chi connectivity index (χ4n) is 7.06. The number of amides is 1. The standard InChI is InChI=1S/C35H34Cl2N8O3/c1-47-32-27(12-39-11-20-9-10-29(46)43-20)40-13-25(44-32)23-7-3-5-21(30(23)36)22-6-4-8-24(31(22)37)26-14-41-28(33(45-26)48-2)15-42-35-16-34(17-35,18-35)19-38/h3-8,13-14,20,39,42H,9-12,15-18H2,1-2H3,(H,43,46)/t20-,34?,35?/m0/s1. The maximum Gasteiger partial charge on any atom is 0.237 e. The van der Waals surface area contributed by atoms with Crippen LogP contribution in [0.15, 0.2) is 48.8 Å². The van der Waals surface area contributed by atoms with Crippen molar-refractivity contribution < 1.29 is 14.3 Å². The lowest BCUT2D eigenvalue weighted by atomic mass is 9.40. The highest BCUT2D eigenvalue weighted by molar-refractivity contribution is 6.39. The first-order valence-electron chi connectivity index (χ1n) is 15.8. The summed E-state index contributed by atoms with van der Waals surface area (Å²) in [5, 5.41) is 20.1. The predicted octanol–water partition coefficient (Wildman–Crippen LogP) is 5.50. The summed E-state index contributed by atoms with van der Waals surface area (Å²) in [5.41, 5.74) is 5.18. The number of hydrogen-bond donors (Lipinski definition) is 3. The number of nitrogens with zero attached hydrogens (tertiary/aromatic N) is 5. The van der Waals surface area contributed by atoms with E-state index >= 15 is 0 Å². The van der Waals surface area contributed by atoms with Crippen LogP contribution in [0.5, 0.6) is 11.8 Å². The Morgan fingerprint density at radius 3 is 1.94 bits per heavy atom. The van der Waals surface area contributed by atoms with Gasteiger partial charge in [0.1, 0.15) is 11.4 Å². The van der Waals surface area contributed by atoms with Crippen LogP contribution in [0.4, 0.5) is 0 Å². The third-order valence-electron chi connectivity index (χ3n) is 9.52. The van der Waals surface area contributed by atoms with Crippen molar-refractivity contribution in [1.82, 2.24) is 35.9 Å². The van der Waals surface area contributed by atoms with Crippen molar-refractivity contribution in [2.45, 2.75) is 56.8 Å². The van der Waals surface area contributed by atoms with Crippen molar-refractivity contribution in [3.63, 3.8) is 0 Å². The minimum atomic E-state index is -0.128. The quantitative estimate of drug-likeness (QED) is 0.175. The van der Waals surface area contributed by atoms with Gasteiger partial charge in [-0.3, -0.25) is 14.8 Å². The Hall–Kier alpha value is -4.34. The van der Waals surface area contributed by atoms with Gasteiger partial charge in [-0.05, 0) is 25.7 Å². The number of benzene rings is 2. The molecular weight excluding hydrogens is 651 g/mol. The molecule has 48 heavy (non-hydrogen) atoms. The maximum atomic E-state index is 11.5. The fourth-order valence-corrected chi connectivity index (χ4v) is 7.71. The molecule has 0 unspecified atom stereocenters. The Bertz CT molecular complexity index is 1930. The third-order valence-corrected chi connectivity index (χ3v) is 10.3. The van der Waals surface area contributed by atoms with Gasteiger partial charge >= 0.3 is 0 Å². The Balaban J connectivity index is 1.10. The second-order valence-corrected chi connectivity index (χ2v) is 13.5. The van der Waals surface area contributed by atoms with Gasteiger partial charge in [-0.2, -0.15) is 5.26 Å². The zero-order valence-corrected chi connectivity index (χ0v) is 28.1. The fraction of sp³-hybridized carbons (Fsp3) is 0.371. The molecule has 0 spiro atoms. The number of hydrogen-bond acceptors (Lipinski definition) is 10. The second kappa shape index (κ2) is 12.9. The van der Waals surface area contributed by atoms with Crippen LogP contribution in [0.1, 0.15) is 43.5 Å². The van der Waals surface area contributed by atoms with Gasteiger partial charge in [-0.15, -0.1) is 0 Å². The average molecular weight is 686 g/mol. The van der Waals surface area contributed by atoms with Crippen molar-refractivity contribution in [3.8, 4) is 51.5 Å². The molecule has 2 aromatic carbocycles. The molecule has 11 nitrogen and oxygen atoms in total. The van der Waals surface area contributed by atoms with E-state index in [4.69, 9.17) is 42.6 Å². The number of carbonyl (C=O) groups excluding carboxylic acids is 1. The van der Waals surface area contributed by atoms with Crippen molar-refractivity contribution >= 4 is 29.1 Å². The minimum Gasteiger partial charge on any atom is -0.480 e. The molecule has 3 saturated carbocycles. The highest BCUT2D eigenvalue weighted by atomic mass is 35.5. The lowest BCUT2D eigenvalue weighted by Gasteiger charge is -2.67. The Kier molecular flexibility index (Phi) is 8.68. The van der Waals surface area contributed by atoms with Crippen LogP contribution in [-0.4, -0.2) is 58.2 Å². The first kappa shape index (κ1) is 32.2. The predicted molar refractivity (Wildman–Crippen MR) is 181 cm³/mol. The number of aromatic nitrogens is 4. The van der Waals surface area contributed by atoms with Gasteiger partial charge in [0.05, 0.1) is 59.5 Å². The van der Waals surface area contributed by atoms with Crippen molar-refractivity contribution in [3.05, 3.63) is 70.2 Å². The van der Waals surface area contributed by atoms with Gasteiger partial charge in [0.2, 0.25) is 17.7 Å². The van der Waals surface area contributed by atoms with E-state index in [-0.39, 0.29) is 22.9 Å². The van der Waals surface area contributed by atoms with Crippen molar-refractivity contribution in [2.75, 3.05) is 20.8 Å². The SMILES string of the molecule is COc1nc(-c2cccc(-c3cccc(-c4cnc(CNC56CC(C#N)(C5)C6)c(OC)n4)c3Cl)c2Cl)cnc1CNC[C@@H]1CCC(=O)N1. The molecule has 1 aliphatic heterocycles. The zero-order valence-electron chi connectivity index (χ0n) is 26.6. The second-order valence-electron chi connectivity index (χ2n) is 12.7. The van der Waals surface area contributed by atoms with Crippen LogP contribution in [0.2, 0.25) is 10.0 Å². The molecular formula is C35H34Cl2N8O3. The first-order valence-corrected chi connectivity index (χ1v) is 16.6. The van der Waals surface area contributed by atoms with Gasteiger partial charge < -0.3 is 25.4 Å². The summed E-state index contributed by atoms with van der Waals surface area (Å²) >= 11 is 14.1. The largest absolute Gasteiger partial charge is 0.480 e. The Morgan fingerprint density at radius 2 is 1.44 bits per heavy atom. The lowest BCUT2D eigenvalue weighted by molar-refractivity contribution is -0.119. The zero-order chi connectivity index (χ0) is 33.5. The molecule has 8 rings (SSSR count). The Morgan fingerprint density at radius 1 is 0.896 bits per heavy atom. The molecule has 246 valence electrons. The first-order chi connectivity index (χ1) is 23.3. The molecule has 1 saturated heterocycles. The molecule has 2 bridgehead atoms. The summed E-state index contributed by atoms with van der Waals surface area (Å²) in [4.78, 5) is 30.3. The van der Waals surface area contributed by atoms with Crippen LogP contribution in [0, 0.1) is 16.7 Å². The summed E-state index contributed by atoms with van der Waals surface area (Å²) in [7, 11) is 3.13. The number of halogens is 2. The molecule has 4 aliphatic rings. The molecule has 1 atom stereocenters. The average Bonchev–Trinajstić information content (AvgIpc) is 3.49. The maximum absolute atomic E-state index is 11.5. The van der Waals surface area contributed by atoms with Crippen LogP contribution in [0.25, 0.3) is 33.6 Å². The topological polar surface area (TPSA) is 147 Å². The van der Waals surface area contributed by atoms with Crippen LogP contribution in [0.3, 0.4) is 0 Å².